The Morgan fingerprint density at radius 2 is 1.95 bits per heavy atom. The van der Waals surface area contributed by atoms with Gasteiger partial charge in [-0.05, 0) is 42.1 Å². The number of aromatic nitrogens is 2. The first kappa shape index (κ1) is 13.1. The molecule has 1 aromatic heterocycles. The van der Waals surface area contributed by atoms with E-state index in [9.17, 15) is 0 Å². The second kappa shape index (κ2) is 5.26. The Bertz CT molecular complexity index is 809. The Morgan fingerprint density at radius 3 is 2.71 bits per heavy atom. The molecule has 0 aliphatic carbocycles. The predicted molar refractivity (Wildman–Crippen MR) is 84.8 cm³/mol. The van der Waals surface area contributed by atoms with Crippen LogP contribution in [-0.2, 0) is 0 Å². The van der Waals surface area contributed by atoms with Crippen LogP contribution in [-0.4, -0.2) is 23.6 Å². The van der Waals surface area contributed by atoms with Gasteiger partial charge in [-0.3, -0.25) is 15.8 Å². The number of aromatic amines is 1. The minimum atomic E-state index is 0.0966. The van der Waals surface area contributed by atoms with Crippen LogP contribution < -0.4 is 16.2 Å². The summed E-state index contributed by atoms with van der Waals surface area (Å²) in [6.45, 7) is 3.66. The van der Waals surface area contributed by atoms with Crippen LogP contribution in [0.1, 0.15) is 0 Å². The number of benzene rings is 2. The Morgan fingerprint density at radius 1 is 1.19 bits per heavy atom. The van der Waals surface area contributed by atoms with Crippen molar-refractivity contribution >= 4 is 29.1 Å². The van der Waals surface area contributed by atoms with E-state index in [4.69, 9.17) is 16.2 Å². The van der Waals surface area contributed by atoms with Gasteiger partial charge in [-0.2, -0.15) is 5.10 Å². The lowest BCUT2D eigenvalue weighted by Gasteiger charge is -2.09. The minimum absolute atomic E-state index is 0.0966. The number of anilines is 1. The van der Waals surface area contributed by atoms with Crippen molar-refractivity contribution in [3.8, 4) is 16.9 Å². The molecular formula is C15H15N5O. The molecular weight excluding hydrogens is 266 g/mol. The summed E-state index contributed by atoms with van der Waals surface area (Å²) in [5, 5.41) is 7.76. The molecule has 1 heterocycles. The molecule has 0 radical (unpaired) electrons. The topological polar surface area (TPSA) is 102 Å². The summed E-state index contributed by atoms with van der Waals surface area (Å²) in [5.41, 5.74) is 14.8. The van der Waals surface area contributed by atoms with Crippen LogP contribution in [0, 0.1) is 0 Å². The number of aliphatic imine (C=N–C) groups is 1. The Balaban J connectivity index is 2.09. The molecule has 0 spiro atoms. The molecule has 6 nitrogen and oxygen atoms in total. The monoisotopic (exact) mass is 281 g/mol. The zero-order chi connectivity index (χ0) is 14.8. The molecule has 106 valence electrons. The molecule has 6 heteroatoms. The normalized spacial score (nSPS) is 10.7. The van der Waals surface area contributed by atoms with Crippen molar-refractivity contribution in [2.75, 3.05) is 12.5 Å². The number of rotatable bonds is 4. The smallest absolute Gasteiger partial charge is 0.153 e. The van der Waals surface area contributed by atoms with Crippen LogP contribution in [0.4, 0.5) is 11.5 Å². The van der Waals surface area contributed by atoms with Crippen LogP contribution in [0.25, 0.3) is 22.0 Å². The van der Waals surface area contributed by atoms with Gasteiger partial charge in [-0.15, -0.1) is 0 Å². The van der Waals surface area contributed by atoms with E-state index in [0.717, 1.165) is 22.0 Å². The SMILES string of the molecule is C=Nc1cc(-c2ccc3[nH]nc(N)c3c2)ccc1OCN. The zero-order valence-corrected chi connectivity index (χ0v) is 11.3. The number of nitrogens with one attached hydrogen (secondary N) is 1. The van der Waals surface area contributed by atoms with E-state index < -0.39 is 0 Å². The van der Waals surface area contributed by atoms with Gasteiger partial charge in [-0.1, -0.05) is 12.1 Å². The fourth-order valence-electron chi connectivity index (χ4n) is 2.25. The van der Waals surface area contributed by atoms with E-state index in [1.165, 1.54) is 0 Å². The van der Waals surface area contributed by atoms with Crippen molar-refractivity contribution in [3.05, 3.63) is 36.4 Å². The van der Waals surface area contributed by atoms with Crippen molar-refractivity contribution in [1.82, 2.24) is 10.2 Å². The van der Waals surface area contributed by atoms with Crippen molar-refractivity contribution in [2.45, 2.75) is 0 Å². The lowest BCUT2D eigenvalue weighted by atomic mass is 10.0. The molecule has 0 bridgehead atoms. The highest BCUT2D eigenvalue weighted by Gasteiger charge is 2.08. The summed E-state index contributed by atoms with van der Waals surface area (Å²) in [6, 6.07) is 11.6. The maximum atomic E-state index is 5.84. The summed E-state index contributed by atoms with van der Waals surface area (Å²) >= 11 is 0. The number of nitrogens with zero attached hydrogens (tertiary/aromatic N) is 2. The van der Waals surface area contributed by atoms with E-state index in [2.05, 4.69) is 21.9 Å². The van der Waals surface area contributed by atoms with Gasteiger partial charge in [-0.25, -0.2) is 0 Å². The molecule has 0 fully saturated rings. The van der Waals surface area contributed by atoms with E-state index >= 15 is 0 Å². The maximum absolute atomic E-state index is 5.84. The average molecular weight is 281 g/mol. The molecule has 3 rings (SSSR count). The number of hydrogen-bond acceptors (Lipinski definition) is 5. The predicted octanol–water partition coefficient (Wildman–Crippen LogP) is 2.44. The Hall–Kier alpha value is -2.86. The first-order valence-corrected chi connectivity index (χ1v) is 6.40. The lowest BCUT2D eigenvalue weighted by molar-refractivity contribution is 0.331. The van der Waals surface area contributed by atoms with E-state index in [0.29, 0.717) is 17.3 Å². The molecule has 0 amide bonds. The number of H-pyrrole nitrogens is 1. The molecule has 0 aliphatic heterocycles. The lowest BCUT2D eigenvalue weighted by Crippen LogP contribution is -2.07. The highest BCUT2D eigenvalue weighted by Crippen LogP contribution is 2.34. The van der Waals surface area contributed by atoms with Crippen LogP contribution in [0.3, 0.4) is 0 Å². The zero-order valence-electron chi connectivity index (χ0n) is 11.3. The van der Waals surface area contributed by atoms with Crippen LogP contribution >= 0.6 is 0 Å². The molecule has 2 aromatic carbocycles. The average Bonchev–Trinajstić information content (AvgIpc) is 2.89. The van der Waals surface area contributed by atoms with E-state index in [1.54, 1.807) is 0 Å². The molecule has 21 heavy (non-hydrogen) atoms. The highest BCUT2D eigenvalue weighted by atomic mass is 16.5. The first-order valence-electron chi connectivity index (χ1n) is 6.40. The summed E-state index contributed by atoms with van der Waals surface area (Å²) < 4.78 is 5.30. The number of hydrogen-bond donors (Lipinski definition) is 3. The fraction of sp³-hybridized carbons (Fsp3) is 0.0667. The van der Waals surface area contributed by atoms with Gasteiger partial charge >= 0.3 is 0 Å². The number of nitrogen functional groups attached to an aromatic ring is 1. The number of nitrogens with two attached hydrogens (primary N) is 2. The number of ether oxygens (including phenoxy) is 1. The highest BCUT2D eigenvalue weighted by molar-refractivity contribution is 5.92. The van der Waals surface area contributed by atoms with Gasteiger partial charge in [0, 0.05) is 5.39 Å². The first-order chi connectivity index (χ1) is 10.2. The van der Waals surface area contributed by atoms with Crippen LogP contribution in [0.5, 0.6) is 5.75 Å². The van der Waals surface area contributed by atoms with E-state index in [-0.39, 0.29) is 6.73 Å². The standard InChI is InChI=1S/C15H15N5O/c1-18-13-7-10(3-5-14(13)21-8-16)9-2-4-12-11(6-9)15(17)20-19-12/h2-7H,1,8,16H2,(H3,17,19,20). The third kappa shape index (κ3) is 2.32. The number of fused-ring (bicyclic) bond motifs is 1. The molecule has 0 aliphatic rings. The van der Waals surface area contributed by atoms with Crippen molar-refractivity contribution < 1.29 is 4.74 Å². The second-order valence-electron chi connectivity index (χ2n) is 4.52. The third-order valence-electron chi connectivity index (χ3n) is 3.29. The van der Waals surface area contributed by atoms with E-state index in [1.807, 2.05) is 36.4 Å². The van der Waals surface area contributed by atoms with Gasteiger partial charge in [0.2, 0.25) is 0 Å². The summed E-state index contributed by atoms with van der Waals surface area (Å²) in [6.07, 6.45) is 0. The van der Waals surface area contributed by atoms with Crippen molar-refractivity contribution in [2.24, 2.45) is 10.7 Å². The van der Waals surface area contributed by atoms with Gasteiger partial charge in [0.1, 0.15) is 18.2 Å². The van der Waals surface area contributed by atoms with Gasteiger partial charge in [0.15, 0.2) is 5.82 Å². The minimum Gasteiger partial charge on any atom is -0.476 e. The second-order valence-corrected chi connectivity index (χ2v) is 4.52. The summed E-state index contributed by atoms with van der Waals surface area (Å²) in [5.74, 6) is 1.09. The molecule has 0 saturated heterocycles. The Kier molecular flexibility index (Phi) is 3.29. The van der Waals surface area contributed by atoms with Crippen LogP contribution in [0.15, 0.2) is 41.4 Å². The molecule has 0 atom stereocenters. The van der Waals surface area contributed by atoms with Crippen LogP contribution in [0.2, 0.25) is 0 Å². The largest absolute Gasteiger partial charge is 0.476 e. The summed E-state index contributed by atoms with van der Waals surface area (Å²) in [4.78, 5) is 3.97. The molecule has 0 unspecified atom stereocenters. The van der Waals surface area contributed by atoms with Gasteiger partial charge < -0.3 is 10.5 Å². The quantitative estimate of drug-likeness (QED) is 0.505. The molecule has 5 N–H and O–H groups in total. The molecule has 0 saturated carbocycles. The van der Waals surface area contributed by atoms with Crippen molar-refractivity contribution in [3.63, 3.8) is 0 Å². The molecule has 3 aromatic rings. The maximum Gasteiger partial charge on any atom is 0.153 e. The third-order valence-corrected chi connectivity index (χ3v) is 3.29. The van der Waals surface area contributed by atoms with Crippen molar-refractivity contribution in [1.29, 1.82) is 0 Å². The van der Waals surface area contributed by atoms with Gasteiger partial charge in [0.05, 0.1) is 5.52 Å². The Labute approximate surface area is 121 Å². The van der Waals surface area contributed by atoms with Gasteiger partial charge in [0.25, 0.3) is 0 Å². The summed E-state index contributed by atoms with van der Waals surface area (Å²) in [7, 11) is 0. The fourth-order valence-corrected chi connectivity index (χ4v) is 2.25.